The second-order valence-corrected chi connectivity index (χ2v) is 6.80. The van der Waals surface area contributed by atoms with Crippen molar-refractivity contribution < 1.29 is 9.59 Å². The largest absolute Gasteiger partial charge is 0.345 e. The van der Waals surface area contributed by atoms with Crippen molar-refractivity contribution in [3.8, 4) is 0 Å². The molecule has 0 saturated heterocycles. The average Bonchev–Trinajstić information content (AvgIpc) is 2.69. The van der Waals surface area contributed by atoms with E-state index < -0.39 is 0 Å². The van der Waals surface area contributed by atoms with E-state index >= 15 is 0 Å². The Hall–Kier alpha value is -3.40. The highest BCUT2D eigenvalue weighted by atomic mass is 16.2. The van der Waals surface area contributed by atoms with E-state index in [4.69, 9.17) is 0 Å². The molecule has 0 fully saturated rings. The summed E-state index contributed by atoms with van der Waals surface area (Å²) in [6.07, 6.45) is 10.8. The van der Waals surface area contributed by atoms with Crippen molar-refractivity contribution in [2.75, 3.05) is 28.2 Å². The first-order chi connectivity index (χ1) is 13.3. The summed E-state index contributed by atoms with van der Waals surface area (Å²) in [5.74, 6) is -0.0679. The van der Waals surface area contributed by atoms with Gasteiger partial charge in [0.2, 0.25) is 11.8 Å². The Morgan fingerprint density at radius 2 is 0.786 bits per heavy atom. The van der Waals surface area contributed by atoms with Gasteiger partial charge in [0.25, 0.3) is 0 Å². The van der Waals surface area contributed by atoms with Gasteiger partial charge in [-0.25, -0.2) is 0 Å². The van der Waals surface area contributed by atoms with Gasteiger partial charge in [0, 0.05) is 40.3 Å². The van der Waals surface area contributed by atoms with Gasteiger partial charge >= 0.3 is 0 Å². The lowest BCUT2D eigenvalue weighted by molar-refractivity contribution is -0.124. The van der Waals surface area contributed by atoms with Crippen LogP contribution in [0.1, 0.15) is 22.3 Å². The normalized spacial score (nSPS) is 11.4. The summed E-state index contributed by atoms with van der Waals surface area (Å²) < 4.78 is 0. The number of nitrogens with zero attached hydrogens (tertiary/aromatic N) is 2. The van der Waals surface area contributed by atoms with Crippen LogP contribution in [0.3, 0.4) is 0 Å². The van der Waals surface area contributed by atoms with Crippen LogP contribution in [0, 0.1) is 0 Å². The predicted octanol–water partition coefficient (Wildman–Crippen LogP) is 4.06. The zero-order chi connectivity index (χ0) is 20.5. The molecule has 2 aromatic rings. The molecule has 4 nitrogen and oxygen atoms in total. The van der Waals surface area contributed by atoms with Gasteiger partial charge in [-0.05, 0) is 34.4 Å². The number of amides is 2. The van der Waals surface area contributed by atoms with Gasteiger partial charge in [0.1, 0.15) is 0 Å². The SMILES string of the molecule is CN(C)C(=O)/C=C/c1ccc(/C=C/c2ccc(/C=C/C(=O)N(C)C)cc2)cc1. The summed E-state index contributed by atoms with van der Waals surface area (Å²) in [6, 6.07) is 16.0. The minimum absolute atomic E-state index is 0.0339. The third-order valence-corrected chi connectivity index (χ3v) is 4.06. The van der Waals surface area contributed by atoms with E-state index in [9.17, 15) is 9.59 Å². The number of carbonyl (C=O) groups excluding carboxylic acids is 2. The Labute approximate surface area is 167 Å². The van der Waals surface area contributed by atoms with E-state index in [2.05, 4.69) is 0 Å². The average molecular weight is 374 g/mol. The lowest BCUT2D eigenvalue weighted by atomic mass is 10.1. The molecule has 0 aromatic heterocycles. The molecule has 0 aliphatic heterocycles. The number of carbonyl (C=O) groups is 2. The molecular formula is C24H26N2O2. The van der Waals surface area contributed by atoms with E-state index in [0.29, 0.717) is 0 Å². The molecule has 0 radical (unpaired) electrons. The van der Waals surface area contributed by atoms with Crippen molar-refractivity contribution in [3.05, 3.63) is 82.9 Å². The molecule has 0 spiro atoms. The molecule has 2 amide bonds. The summed E-state index contributed by atoms with van der Waals surface area (Å²) in [5, 5.41) is 0. The number of benzene rings is 2. The lowest BCUT2D eigenvalue weighted by Gasteiger charge is -2.05. The molecule has 0 atom stereocenters. The second kappa shape index (κ2) is 10.1. The fourth-order valence-electron chi connectivity index (χ4n) is 2.26. The van der Waals surface area contributed by atoms with Crippen LogP contribution in [0.4, 0.5) is 0 Å². The molecule has 0 saturated carbocycles. The zero-order valence-electron chi connectivity index (χ0n) is 16.8. The molecule has 0 N–H and O–H groups in total. The van der Waals surface area contributed by atoms with Crippen molar-refractivity contribution >= 4 is 36.1 Å². The fourth-order valence-corrected chi connectivity index (χ4v) is 2.26. The topological polar surface area (TPSA) is 40.6 Å². The van der Waals surface area contributed by atoms with Crippen LogP contribution in [-0.4, -0.2) is 49.8 Å². The van der Waals surface area contributed by atoms with Crippen LogP contribution in [0.2, 0.25) is 0 Å². The van der Waals surface area contributed by atoms with Crippen molar-refractivity contribution in [1.29, 1.82) is 0 Å². The van der Waals surface area contributed by atoms with Crippen molar-refractivity contribution in [2.24, 2.45) is 0 Å². The van der Waals surface area contributed by atoms with E-state index in [0.717, 1.165) is 22.3 Å². The number of hydrogen-bond acceptors (Lipinski definition) is 2. The third kappa shape index (κ3) is 6.72. The Bertz CT molecular complexity index is 812. The first-order valence-electron chi connectivity index (χ1n) is 9.02. The van der Waals surface area contributed by atoms with Crippen LogP contribution in [-0.2, 0) is 9.59 Å². The fraction of sp³-hybridized carbons (Fsp3) is 0.167. The maximum absolute atomic E-state index is 11.6. The molecule has 0 bridgehead atoms. The standard InChI is InChI=1S/C24H26N2O2/c1-25(2)23(27)17-15-21-11-7-19(8-12-21)5-6-20-9-13-22(14-10-20)16-18-24(28)26(3)4/h5-18H,1-4H3/b6-5+,17-15+,18-16+. The van der Waals surface area contributed by atoms with Gasteiger partial charge in [0.15, 0.2) is 0 Å². The number of hydrogen-bond donors (Lipinski definition) is 0. The van der Waals surface area contributed by atoms with Crippen LogP contribution < -0.4 is 0 Å². The molecule has 0 unspecified atom stereocenters. The summed E-state index contributed by atoms with van der Waals surface area (Å²) in [4.78, 5) is 26.2. The molecular weight excluding hydrogens is 348 g/mol. The van der Waals surface area contributed by atoms with E-state index in [1.165, 1.54) is 9.80 Å². The Kier molecular flexibility index (Phi) is 7.52. The van der Waals surface area contributed by atoms with Gasteiger partial charge in [-0.1, -0.05) is 60.7 Å². The summed E-state index contributed by atoms with van der Waals surface area (Å²) in [6.45, 7) is 0. The maximum atomic E-state index is 11.6. The summed E-state index contributed by atoms with van der Waals surface area (Å²) in [5.41, 5.74) is 4.12. The zero-order valence-corrected chi connectivity index (χ0v) is 16.8. The van der Waals surface area contributed by atoms with Crippen molar-refractivity contribution in [3.63, 3.8) is 0 Å². The molecule has 0 heterocycles. The second-order valence-electron chi connectivity index (χ2n) is 6.80. The number of likely N-dealkylation sites (N-methyl/N-ethyl adjacent to an activating group) is 2. The molecule has 144 valence electrons. The van der Waals surface area contributed by atoms with E-state index in [-0.39, 0.29) is 11.8 Å². The smallest absolute Gasteiger partial charge is 0.246 e. The lowest BCUT2D eigenvalue weighted by Crippen LogP contribution is -2.18. The van der Waals surface area contributed by atoms with Crippen molar-refractivity contribution in [2.45, 2.75) is 0 Å². The summed E-state index contributed by atoms with van der Waals surface area (Å²) in [7, 11) is 6.92. The van der Waals surface area contributed by atoms with Gasteiger partial charge in [-0.3, -0.25) is 9.59 Å². The quantitative estimate of drug-likeness (QED) is 0.565. The van der Waals surface area contributed by atoms with Gasteiger partial charge < -0.3 is 9.80 Å². The summed E-state index contributed by atoms with van der Waals surface area (Å²) >= 11 is 0. The monoisotopic (exact) mass is 374 g/mol. The predicted molar refractivity (Wildman–Crippen MR) is 117 cm³/mol. The highest BCUT2D eigenvalue weighted by Gasteiger charge is 1.98. The van der Waals surface area contributed by atoms with Crippen LogP contribution in [0.5, 0.6) is 0 Å². The molecule has 2 aromatic carbocycles. The van der Waals surface area contributed by atoms with E-state index in [1.807, 2.05) is 72.8 Å². The van der Waals surface area contributed by atoms with Crippen LogP contribution in [0.25, 0.3) is 24.3 Å². The molecule has 2 rings (SSSR count). The Balaban J connectivity index is 1.98. The van der Waals surface area contributed by atoms with Gasteiger partial charge in [-0.2, -0.15) is 0 Å². The first-order valence-corrected chi connectivity index (χ1v) is 9.02. The van der Waals surface area contributed by atoms with Gasteiger partial charge in [0.05, 0.1) is 0 Å². The van der Waals surface area contributed by atoms with Crippen molar-refractivity contribution in [1.82, 2.24) is 9.80 Å². The van der Waals surface area contributed by atoms with Crippen LogP contribution >= 0.6 is 0 Å². The molecule has 0 aliphatic rings. The minimum Gasteiger partial charge on any atom is -0.345 e. The van der Waals surface area contributed by atoms with E-state index in [1.54, 1.807) is 40.3 Å². The first kappa shape index (κ1) is 20.9. The van der Waals surface area contributed by atoms with Gasteiger partial charge in [-0.15, -0.1) is 0 Å². The highest BCUT2D eigenvalue weighted by molar-refractivity contribution is 5.92. The molecule has 4 heteroatoms. The third-order valence-electron chi connectivity index (χ3n) is 4.06. The minimum atomic E-state index is -0.0339. The highest BCUT2D eigenvalue weighted by Crippen LogP contribution is 2.12. The van der Waals surface area contributed by atoms with Crippen LogP contribution in [0.15, 0.2) is 60.7 Å². The Morgan fingerprint density at radius 3 is 1.04 bits per heavy atom. The maximum Gasteiger partial charge on any atom is 0.246 e. The molecule has 28 heavy (non-hydrogen) atoms. The number of rotatable bonds is 6. The Morgan fingerprint density at radius 1 is 0.536 bits per heavy atom. The molecule has 0 aliphatic carbocycles.